The minimum Gasteiger partial charge on any atom is -0.390 e. The lowest BCUT2D eigenvalue weighted by molar-refractivity contribution is 0.236. The maximum Gasteiger partial charge on any atom is 0.0853 e. The van der Waals surface area contributed by atoms with E-state index in [4.69, 9.17) is 0 Å². The van der Waals surface area contributed by atoms with Gasteiger partial charge in [-0.2, -0.15) is 0 Å². The van der Waals surface area contributed by atoms with E-state index in [9.17, 15) is 5.11 Å². The summed E-state index contributed by atoms with van der Waals surface area (Å²) < 4.78 is 0. The van der Waals surface area contributed by atoms with Gasteiger partial charge in [0.2, 0.25) is 0 Å². The summed E-state index contributed by atoms with van der Waals surface area (Å²) in [5.74, 6) is 0. The van der Waals surface area contributed by atoms with Crippen molar-refractivity contribution < 1.29 is 5.11 Å². The van der Waals surface area contributed by atoms with Crippen LogP contribution < -0.4 is 0 Å². The molecule has 0 bridgehead atoms. The molecule has 0 radical (unpaired) electrons. The van der Waals surface area contributed by atoms with Gasteiger partial charge in [0.15, 0.2) is 0 Å². The molecule has 0 saturated heterocycles. The van der Waals surface area contributed by atoms with Gasteiger partial charge < -0.3 is 5.11 Å². The molecule has 0 aromatic carbocycles. The number of aliphatic hydroxyl groups excluding tert-OH is 1. The fourth-order valence-electron chi connectivity index (χ4n) is 2.94. The van der Waals surface area contributed by atoms with Gasteiger partial charge >= 0.3 is 0 Å². The van der Waals surface area contributed by atoms with Crippen LogP contribution in [0.25, 0.3) is 0 Å². The minimum atomic E-state index is -0.0489. The molecular formula is C21H24N4O. The molecule has 3 heterocycles. The predicted octanol–water partition coefficient (Wildman–Crippen LogP) is 3.18. The van der Waals surface area contributed by atoms with Gasteiger partial charge in [0, 0.05) is 31.0 Å². The third-order valence-electron chi connectivity index (χ3n) is 4.08. The SMILES string of the molecule is Cc1cccc(CN(Cc2cccc(C)n2)Cc2cccc(CO)n2)n1. The summed E-state index contributed by atoms with van der Waals surface area (Å²) in [5, 5.41) is 9.33. The number of nitrogens with zero attached hydrogens (tertiary/aromatic N) is 4. The molecule has 0 saturated carbocycles. The molecule has 0 amide bonds. The van der Waals surface area contributed by atoms with Crippen molar-refractivity contribution in [1.29, 1.82) is 0 Å². The summed E-state index contributed by atoms with van der Waals surface area (Å²) >= 11 is 0. The molecule has 0 fully saturated rings. The van der Waals surface area contributed by atoms with E-state index in [2.05, 4.69) is 19.9 Å². The molecular weight excluding hydrogens is 324 g/mol. The number of pyridine rings is 3. The average molecular weight is 348 g/mol. The Morgan fingerprint density at radius 3 is 1.54 bits per heavy atom. The number of rotatable bonds is 7. The first kappa shape index (κ1) is 18.2. The molecule has 3 aromatic heterocycles. The molecule has 1 N–H and O–H groups in total. The van der Waals surface area contributed by atoms with Crippen LogP contribution in [0, 0.1) is 13.8 Å². The van der Waals surface area contributed by atoms with Crippen molar-refractivity contribution in [1.82, 2.24) is 19.9 Å². The number of aromatic nitrogens is 3. The van der Waals surface area contributed by atoms with Gasteiger partial charge in [-0.1, -0.05) is 18.2 Å². The Hall–Kier alpha value is -2.63. The molecule has 0 aliphatic carbocycles. The first-order valence-corrected chi connectivity index (χ1v) is 8.75. The van der Waals surface area contributed by atoms with Crippen LogP contribution in [0.3, 0.4) is 0 Å². The Labute approximate surface area is 154 Å². The third-order valence-corrected chi connectivity index (χ3v) is 4.08. The third kappa shape index (κ3) is 5.18. The Morgan fingerprint density at radius 1 is 0.654 bits per heavy atom. The lowest BCUT2D eigenvalue weighted by atomic mass is 10.2. The summed E-state index contributed by atoms with van der Waals surface area (Å²) in [7, 11) is 0. The van der Waals surface area contributed by atoms with Crippen LogP contribution in [0.4, 0.5) is 0 Å². The Balaban J connectivity index is 1.82. The molecule has 0 aliphatic rings. The highest BCUT2D eigenvalue weighted by molar-refractivity contribution is 5.14. The molecule has 134 valence electrons. The number of aliphatic hydroxyl groups is 1. The van der Waals surface area contributed by atoms with E-state index < -0.39 is 0 Å². The molecule has 3 rings (SSSR count). The summed E-state index contributed by atoms with van der Waals surface area (Å²) in [4.78, 5) is 16.0. The second kappa shape index (κ2) is 8.65. The van der Waals surface area contributed by atoms with Gasteiger partial charge in [0.05, 0.1) is 29.4 Å². The van der Waals surface area contributed by atoms with E-state index >= 15 is 0 Å². The average Bonchev–Trinajstić information content (AvgIpc) is 2.62. The Kier molecular flexibility index (Phi) is 6.04. The van der Waals surface area contributed by atoms with E-state index in [0.29, 0.717) is 25.3 Å². The summed E-state index contributed by atoms with van der Waals surface area (Å²) in [6.07, 6.45) is 0. The van der Waals surface area contributed by atoms with Crippen LogP contribution in [-0.2, 0) is 26.2 Å². The first-order chi connectivity index (χ1) is 12.6. The molecule has 0 spiro atoms. The van der Waals surface area contributed by atoms with E-state index in [1.165, 1.54) is 0 Å². The van der Waals surface area contributed by atoms with Crippen LogP contribution >= 0.6 is 0 Å². The zero-order chi connectivity index (χ0) is 18.4. The van der Waals surface area contributed by atoms with E-state index in [1.54, 1.807) is 0 Å². The van der Waals surface area contributed by atoms with Crippen LogP contribution in [-0.4, -0.2) is 25.0 Å². The van der Waals surface area contributed by atoms with Crippen LogP contribution in [0.2, 0.25) is 0 Å². The van der Waals surface area contributed by atoms with E-state index in [1.807, 2.05) is 68.4 Å². The quantitative estimate of drug-likeness (QED) is 0.710. The zero-order valence-electron chi connectivity index (χ0n) is 15.3. The molecule has 26 heavy (non-hydrogen) atoms. The maximum absolute atomic E-state index is 9.33. The van der Waals surface area contributed by atoms with Gasteiger partial charge in [0.25, 0.3) is 0 Å². The monoisotopic (exact) mass is 348 g/mol. The minimum absolute atomic E-state index is 0.0489. The topological polar surface area (TPSA) is 62.1 Å². The fourth-order valence-corrected chi connectivity index (χ4v) is 2.94. The number of hydrogen-bond acceptors (Lipinski definition) is 5. The van der Waals surface area contributed by atoms with Crippen molar-refractivity contribution in [3.05, 3.63) is 88.8 Å². The highest BCUT2D eigenvalue weighted by Crippen LogP contribution is 2.13. The van der Waals surface area contributed by atoms with Gasteiger partial charge in [-0.15, -0.1) is 0 Å². The van der Waals surface area contributed by atoms with Gasteiger partial charge in [-0.05, 0) is 50.2 Å². The molecule has 0 unspecified atom stereocenters. The van der Waals surface area contributed by atoms with Crippen molar-refractivity contribution >= 4 is 0 Å². The zero-order valence-corrected chi connectivity index (χ0v) is 15.3. The predicted molar refractivity (Wildman–Crippen MR) is 101 cm³/mol. The van der Waals surface area contributed by atoms with Crippen molar-refractivity contribution in [3.63, 3.8) is 0 Å². The van der Waals surface area contributed by atoms with Crippen molar-refractivity contribution in [3.8, 4) is 0 Å². The molecule has 5 nitrogen and oxygen atoms in total. The van der Waals surface area contributed by atoms with Crippen LogP contribution in [0.15, 0.2) is 54.6 Å². The first-order valence-electron chi connectivity index (χ1n) is 8.75. The van der Waals surface area contributed by atoms with E-state index in [-0.39, 0.29) is 6.61 Å². The summed E-state index contributed by atoms with van der Waals surface area (Å²) in [6.45, 7) is 6.04. The molecule has 5 heteroatoms. The second-order valence-electron chi connectivity index (χ2n) is 6.46. The van der Waals surface area contributed by atoms with Crippen molar-refractivity contribution in [2.45, 2.75) is 40.1 Å². The molecule has 0 aliphatic heterocycles. The van der Waals surface area contributed by atoms with Crippen LogP contribution in [0.1, 0.15) is 34.2 Å². The van der Waals surface area contributed by atoms with E-state index in [0.717, 1.165) is 28.5 Å². The Bertz CT molecular complexity index is 818. The van der Waals surface area contributed by atoms with Gasteiger partial charge in [-0.3, -0.25) is 19.9 Å². The maximum atomic E-state index is 9.33. The second-order valence-corrected chi connectivity index (χ2v) is 6.46. The summed E-state index contributed by atoms with van der Waals surface area (Å²) in [6, 6.07) is 17.9. The van der Waals surface area contributed by atoms with Gasteiger partial charge in [-0.25, -0.2) is 0 Å². The fraction of sp³-hybridized carbons (Fsp3) is 0.286. The highest BCUT2D eigenvalue weighted by atomic mass is 16.3. The van der Waals surface area contributed by atoms with Crippen molar-refractivity contribution in [2.75, 3.05) is 0 Å². The molecule has 0 atom stereocenters. The van der Waals surface area contributed by atoms with Crippen molar-refractivity contribution in [2.24, 2.45) is 0 Å². The largest absolute Gasteiger partial charge is 0.390 e. The normalized spacial score (nSPS) is 11.1. The smallest absolute Gasteiger partial charge is 0.0853 e. The lowest BCUT2D eigenvalue weighted by Crippen LogP contribution is -2.24. The number of aryl methyl sites for hydroxylation is 2. The molecule has 3 aromatic rings. The number of hydrogen-bond donors (Lipinski definition) is 1. The standard InChI is InChI=1S/C21H24N4O/c1-16-6-3-8-18(22-16)12-25(13-19-9-4-7-17(2)23-19)14-20-10-5-11-21(15-26)24-20/h3-11,26H,12-15H2,1-2H3. The lowest BCUT2D eigenvalue weighted by Gasteiger charge is -2.22. The van der Waals surface area contributed by atoms with Gasteiger partial charge in [0.1, 0.15) is 0 Å². The Morgan fingerprint density at radius 2 is 1.08 bits per heavy atom. The highest BCUT2D eigenvalue weighted by Gasteiger charge is 2.11. The summed E-state index contributed by atoms with van der Waals surface area (Å²) in [5.41, 5.74) is 5.68. The van der Waals surface area contributed by atoms with Crippen LogP contribution in [0.5, 0.6) is 0 Å².